The summed E-state index contributed by atoms with van der Waals surface area (Å²) in [7, 11) is 0. The number of aliphatic hydroxyl groups excluding tert-OH is 1. The van der Waals surface area contributed by atoms with E-state index in [2.05, 4.69) is 5.32 Å². The van der Waals surface area contributed by atoms with Crippen molar-refractivity contribution < 1.29 is 39.4 Å². The summed E-state index contributed by atoms with van der Waals surface area (Å²) in [4.78, 5) is 61.8. The second-order valence-electron chi connectivity index (χ2n) is 7.69. The molecule has 4 atom stereocenters. The number of nitro groups is 1. The molecule has 172 valence electrons. The van der Waals surface area contributed by atoms with Gasteiger partial charge in [-0.15, -0.1) is 0 Å². The highest BCUT2D eigenvalue weighted by atomic mass is 35.5. The largest absolute Gasteiger partial charge is 0.481 e. The number of hydrogen-bond acceptors (Lipinski definition) is 8. The fraction of sp³-hybridized carbons (Fsp3) is 0.474. The van der Waals surface area contributed by atoms with Gasteiger partial charge in [-0.2, -0.15) is 0 Å². The molecule has 2 aliphatic heterocycles. The van der Waals surface area contributed by atoms with E-state index in [0.29, 0.717) is 0 Å². The number of likely N-dealkylation sites (tertiary alicyclic amines) is 1. The molecule has 4 unspecified atom stereocenters. The number of nitrogens with one attached hydrogen (secondary N) is 1. The lowest BCUT2D eigenvalue weighted by molar-refractivity contribution is -0.385. The van der Waals surface area contributed by atoms with Crippen LogP contribution in [0.25, 0.3) is 0 Å². The standard InChI is InChI=1S/C19H20ClN3O9/c20-9-3-4-11(23(31)32)10(7-9)15-13-14(19(21-15,18(29)30)8-12(25)26)17(28)22(16(13)27)5-1-2-6-24/h3-4,7,13-15,21,24H,1-2,5-6,8H2,(H,25,26)(H,29,30). The van der Waals surface area contributed by atoms with Crippen molar-refractivity contribution in [1.29, 1.82) is 0 Å². The fourth-order valence-electron chi connectivity index (χ4n) is 4.55. The Morgan fingerprint density at radius 1 is 1.22 bits per heavy atom. The van der Waals surface area contributed by atoms with Gasteiger partial charge in [0.05, 0.1) is 29.2 Å². The van der Waals surface area contributed by atoms with Crippen LogP contribution in [0.15, 0.2) is 18.2 Å². The summed E-state index contributed by atoms with van der Waals surface area (Å²) in [6.07, 6.45) is -0.493. The van der Waals surface area contributed by atoms with Gasteiger partial charge in [-0.3, -0.25) is 39.5 Å². The van der Waals surface area contributed by atoms with Crippen LogP contribution in [0.5, 0.6) is 0 Å². The predicted octanol–water partition coefficient (Wildman–Crippen LogP) is 0.564. The molecule has 2 aliphatic rings. The maximum Gasteiger partial charge on any atom is 0.325 e. The first-order valence-corrected chi connectivity index (χ1v) is 10.1. The Morgan fingerprint density at radius 2 is 1.91 bits per heavy atom. The monoisotopic (exact) mass is 469 g/mol. The first-order valence-electron chi connectivity index (χ1n) is 9.68. The highest BCUT2D eigenvalue weighted by Crippen LogP contribution is 2.51. The van der Waals surface area contributed by atoms with Crippen LogP contribution in [0.3, 0.4) is 0 Å². The normalized spacial score (nSPS) is 26.9. The lowest BCUT2D eigenvalue weighted by Gasteiger charge is -2.29. The van der Waals surface area contributed by atoms with Crippen molar-refractivity contribution in [3.05, 3.63) is 38.9 Å². The molecule has 0 saturated carbocycles. The summed E-state index contributed by atoms with van der Waals surface area (Å²) >= 11 is 5.99. The van der Waals surface area contributed by atoms with Crippen molar-refractivity contribution in [3.63, 3.8) is 0 Å². The minimum atomic E-state index is -2.37. The van der Waals surface area contributed by atoms with Gasteiger partial charge in [0, 0.05) is 29.8 Å². The number of aliphatic hydroxyl groups is 1. The SMILES string of the molecule is O=C(O)CC1(C(=O)O)NC(c2cc(Cl)ccc2[N+](=O)[O-])C2C(=O)N(CCCCO)C(=O)C21. The van der Waals surface area contributed by atoms with E-state index >= 15 is 0 Å². The molecule has 0 aliphatic carbocycles. The van der Waals surface area contributed by atoms with Gasteiger partial charge in [0.15, 0.2) is 0 Å². The van der Waals surface area contributed by atoms with Crippen molar-refractivity contribution in [2.75, 3.05) is 13.2 Å². The molecule has 32 heavy (non-hydrogen) atoms. The molecule has 0 bridgehead atoms. The van der Waals surface area contributed by atoms with E-state index in [1.54, 1.807) is 0 Å². The first-order chi connectivity index (χ1) is 15.0. The number of rotatable bonds is 9. The van der Waals surface area contributed by atoms with Gasteiger partial charge in [0.2, 0.25) is 11.8 Å². The van der Waals surface area contributed by atoms with E-state index in [0.717, 1.165) is 11.0 Å². The van der Waals surface area contributed by atoms with Crippen LogP contribution in [0.1, 0.15) is 30.9 Å². The van der Waals surface area contributed by atoms with Gasteiger partial charge in [0.1, 0.15) is 5.54 Å². The molecule has 0 spiro atoms. The number of carbonyl (C=O) groups excluding carboxylic acids is 2. The molecule has 4 N–H and O–H groups in total. The van der Waals surface area contributed by atoms with E-state index in [1.807, 2.05) is 0 Å². The number of fused-ring (bicyclic) bond motifs is 1. The molecule has 13 heteroatoms. The minimum Gasteiger partial charge on any atom is -0.481 e. The maximum atomic E-state index is 13.2. The number of amides is 2. The number of nitrogens with zero attached hydrogens (tertiary/aromatic N) is 2. The van der Waals surface area contributed by atoms with Gasteiger partial charge in [-0.25, -0.2) is 0 Å². The zero-order valence-corrected chi connectivity index (χ0v) is 17.3. The quantitative estimate of drug-likeness (QED) is 0.172. The molecular formula is C19H20ClN3O9. The zero-order valence-electron chi connectivity index (χ0n) is 16.6. The van der Waals surface area contributed by atoms with E-state index in [9.17, 15) is 39.5 Å². The van der Waals surface area contributed by atoms with E-state index < -0.39 is 64.2 Å². The number of halogens is 1. The van der Waals surface area contributed by atoms with Gasteiger partial charge in [-0.05, 0) is 25.0 Å². The molecule has 2 amide bonds. The molecule has 0 aromatic heterocycles. The second kappa shape index (κ2) is 8.81. The summed E-state index contributed by atoms with van der Waals surface area (Å²) in [5.74, 6) is -7.82. The lowest BCUT2D eigenvalue weighted by Crippen LogP contribution is -2.57. The molecule has 2 heterocycles. The average Bonchev–Trinajstić information content (AvgIpc) is 3.17. The highest BCUT2D eigenvalue weighted by Gasteiger charge is 2.69. The maximum absolute atomic E-state index is 13.2. The molecule has 1 aromatic carbocycles. The van der Waals surface area contributed by atoms with Crippen LogP contribution in [0.4, 0.5) is 5.69 Å². The first kappa shape index (κ1) is 23.6. The number of hydrogen-bond donors (Lipinski definition) is 4. The lowest BCUT2D eigenvalue weighted by atomic mass is 9.77. The summed E-state index contributed by atoms with van der Waals surface area (Å²) in [6.45, 7) is -0.279. The van der Waals surface area contributed by atoms with Crippen LogP contribution in [-0.2, 0) is 19.2 Å². The van der Waals surface area contributed by atoms with Crippen LogP contribution in [0.2, 0.25) is 5.02 Å². The topological polar surface area (TPSA) is 187 Å². The van der Waals surface area contributed by atoms with Gasteiger partial charge < -0.3 is 15.3 Å². The number of imide groups is 1. The zero-order chi connectivity index (χ0) is 23.8. The molecule has 2 saturated heterocycles. The number of carboxylic acid groups (broad SMARTS) is 2. The van der Waals surface area contributed by atoms with Crippen LogP contribution >= 0.6 is 11.6 Å². The van der Waals surface area contributed by atoms with Gasteiger partial charge in [-0.1, -0.05) is 11.6 Å². The number of unbranched alkanes of at least 4 members (excludes halogenated alkanes) is 1. The van der Waals surface area contributed by atoms with E-state index in [1.165, 1.54) is 12.1 Å². The smallest absolute Gasteiger partial charge is 0.325 e. The fourth-order valence-corrected chi connectivity index (χ4v) is 4.73. The Hall–Kier alpha value is -3.09. The number of carboxylic acids is 2. The molecule has 1 aromatic rings. The second-order valence-corrected chi connectivity index (χ2v) is 8.13. The van der Waals surface area contributed by atoms with E-state index in [-0.39, 0.29) is 36.6 Å². The van der Waals surface area contributed by atoms with Crippen molar-refractivity contribution in [2.24, 2.45) is 11.8 Å². The van der Waals surface area contributed by atoms with Gasteiger partial charge in [0.25, 0.3) is 5.69 Å². The Bertz CT molecular complexity index is 1000. The Balaban J connectivity index is 2.17. The third-order valence-corrected chi connectivity index (χ3v) is 6.10. The molecule has 0 radical (unpaired) electrons. The molecule has 2 fully saturated rings. The number of aliphatic carboxylic acids is 2. The third-order valence-electron chi connectivity index (χ3n) is 5.87. The Kier molecular flexibility index (Phi) is 6.49. The van der Waals surface area contributed by atoms with Crippen LogP contribution in [0, 0.1) is 22.0 Å². The van der Waals surface area contributed by atoms with E-state index in [4.69, 9.17) is 16.7 Å². The average molecular weight is 470 g/mol. The van der Waals surface area contributed by atoms with Gasteiger partial charge >= 0.3 is 11.9 Å². The third kappa shape index (κ3) is 3.80. The molecule has 3 rings (SSSR count). The summed E-state index contributed by atoms with van der Waals surface area (Å²) in [6, 6.07) is 2.19. The number of nitro benzene ring substituents is 1. The number of carbonyl (C=O) groups is 4. The summed E-state index contributed by atoms with van der Waals surface area (Å²) in [5.41, 5.74) is -2.94. The summed E-state index contributed by atoms with van der Waals surface area (Å²) in [5, 5.41) is 42.5. The van der Waals surface area contributed by atoms with Crippen molar-refractivity contribution in [2.45, 2.75) is 30.8 Å². The predicted molar refractivity (Wildman–Crippen MR) is 107 cm³/mol. The van der Waals surface area contributed by atoms with Crippen molar-refractivity contribution in [3.8, 4) is 0 Å². The minimum absolute atomic E-state index is 0.0755. The Morgan fingerprint density at radius 3 is 2.47 bits per heavy atom. The highest BCUT2D eigenvalue weighted by molar-refractivity contribution is 6.30. The summed E-state index contributed by atoms with van der Waals surface area (Å²) < 4.78 is 0. The van der Waals surface area contributed by atoms with Crippen LogP contribution < -0.4 is 5.32 Å². The number of benzene rings is 1. The van der Waals surface area contributed by atoms with Crippen molar-refractivity contribution in [1.82, 2.24) is 10.2 Å². The van der Waals surface area contributed by atoms with Crippen LogP contribution in [-0.4, -0.2) is 67.6 Å². The molecular weight excluding hydrogens is 450 g/mol. The Labute approximate surface area is 185 Å². The van der Waals surface area contributed by atoms with Crippen molar-refractivity contribution >= 4 is 41.0 Å². The molecule has 12 nitrogen and oxygen atoms in total.